The maximum absolute atomic E-state index is 13.8. The van der Waals surface area contributed by atoms with Crippen LogP contribution >= 0.6 is 0 Å². The van der Waals surface area contributed by atoms with E-state index in [1.807, 2.05) is 38.1 Å². The van der Waals surface area contributed by atoms with Gasteiger partial charge in [0, 0.05) is 17.6 Å². The van der Waals surface area contributed by atoms with Crippen LogP contribution in [0.25, 0.3) is 0 Å². The molecule has 2 aromatic carbocycles. The third kappa shape index (κ3) is 3.79. The molecule has 1 N–H and O–H groups in total. The molecule has 0 radical (unpaired) electrons. The fourth-order valence-corrected chi connectivity index (χ4v) is 2.32. The molecule has 0 amide bonds. The van der Waals surface area contributed by atoms with E-state index in [1.165, 1.54) is 6.07 Å². The van der Waals surface area contributed by atoms with Gasteiger partial charge in [-0.3, -0.25) is 0 Å². The largest absolute Gasteiger partial charge is 0.497 e. The Morgan fingerprint density at radius 1 is 1.00 bits per heavy atom. The summed E-state index contributed by atoms with van der Waals surface area (Å²) in [5.41, 5.74) is 1.35. The Morgan fingerprint density at radius 2 is 1.76 bits per heavy atom. The molecule has 2 atom stereocenters. The normalized spacial score (nSPS) is 13.8. The average molecular weight is 291 g/mol. The average Bonchev–Trinajstić information content (AvgIpc) is 2.49. The Hall–Kier alpha value is -1.94. The minimum absolute atomic E-state index is 0.0160. The minimum atomic E-state index is -0.436. The topological polar surface area (TPSA) is 21.3 Å². The first-order chi connectivity index (χ1) is 10.0. The zero-order chi connectivity index (χ0) is 15.4. The van der Waals surface area contributed by atoms with E-state index in [4.69, 9.17) is 4.74 Å². The maximum Gasteiger partial charge on any atom is 0.128 e. The smallest absolute Gasteiger partial charge is 0.128 e. The Morgan fingerprint density at radius 3 is 2.48 bits per heavy atom. The molecule has 0 fully saturated rings. The Labute approximate surface area is 123 Å². The quantitative estimate of drug-likeness (QED) is 0.882. The van der Waals surface area contributed by atoms with Crippen molar-refractivity contribution in [3.63, 3.8) is 0 Å². The van der Waals surface area contributed by atoms with E-state index in [1.54, 1.807) is 7.11 Å². The molecule has 112 valence electrons. The highest BCUT2D eigenvalue weighted by atomic mass is 19.1. The molecule has 0 aromatic heterocycles. The van der Waals surface area contributed by atoms with Gasteiger partial charge in [-0.25, -0.2) is 8.78 Å². The summed E-state index contributed by atoms with van der Waals surface area (Å²) in [5, 5.41) is 3.27. The van der Waals surface area contributed by atoms with Crippen molar-refractivity contribution in [3.05, 3.63) is 65.2 Å². The van der Waals surface area contributed by atoms with Crippen molar-refractivity contribution in [3.8, 4) is 5.75 Å². The molecule has 0 bridgehead atoms. The highest BCUT2D eigenvalue weighted by Crippen LogP contribution is 2.24. The first-order valence-electron chi connectivity index (χ1n) is 6.86. The van der Waals surface area contributed by atoms with E-state index >= 15 is 0 Å². The molecule has 0 aliphatic rings. The van der Waals surface area contributed by atoms with Crippen molar-refractivity contribution < 1.29 is 13.5 Å². The third-order valence-electron chi connectivity index (χ3n) is 3.52. The lowest BCUT2D eigenvalue weighted by Gasteiger charge is -2.21. The van der Waals surface area contributed by atoms with Crippen molar-refractivity contribution in [1.29, 1.82) is 0 Å². The molecule has 2 aromatic rings. The molecular weight excluding hydrogens is 272 g/mol. The monoisotopic (exact) mass is 291 g/mol. The van der Waals surface area contributed by atoms with Crippen molar-refractivity contribution in [2.24, 2.45) is 0 Å². The van der Waals surface area contributed by atoms with Crippen molar-refractivity contribution in [2.45, 2.75) is 25.9 Å². The van der Waals surface area contributed by atoms with Crippen molar-refractivity contribution >= 4 is 0 Å². The first-order valence-corrected chi connectivity index (χ1v) is 6.86. The van der Waals surface area contributed by atoms with Crippen LogP contribution in [0.5, 0.6) is 5.75 Å². The highest BCUT2D eigenvalue weighted by Gasteiger charge is 2.15. The number of hydrogen-bond donors (Lipinski definition) is 1. The molecule has 2 nitrogen and oxygen atoms in total. The van der Waals surface area contributed by atoms with E-state index < -0.39 is 11.6 Å². The number of nitrogens with one attached hydrogen (secondary N) is 1. The molecule has 21 heavy (non-hydrogen) atoms. The fraction of sp³-hybridized carbons (Fsp3) is 0.294. The SMILES string of the molecule is COc1cccc([C@@H](C)NC(C)c2cc(F)ccc2F)c1. The lowest BCUT2D eigenvalue weighted by molar-refractivity contribution is 0.412. The minimum Gasteiger partial charge on any atom is -0.497 e. The van der Waals surface area contributed by atoms with Crippen LogP contribution in [0.15, 0.2) is 42.5 Å². The van der Waals surface area contributed by atoms with Crippen molar-refractivity contribution in [1.82, 2.24) is 5.32 Å². The van der Waals surface area contributed by atoms with Gasteiger partial charge in [-0.2, -0.15) is 0 Å². The summed E-state index contributed by atoms with van der Waals surface area (Å²) < 4.78 is 32.2. The summed E-state index contributed by atoms with van der Waals surface area (Å²) in [6, 6.07) is 10.8. The predicted molar refractivity (Wildman–Crippen MR) is 79.3 cm³/mol. The molecule has 0 aliphatic heterocycles. The van der Waals surface area contributed by atoms with Gasteiger partial charge in [-0.1, -0.05) is 12.1 Å². The zero-order valence-corrected chi connectivity index (χ0v) is 12.4. The molecular formula is C17H19F2NO. The van der Waals surface area contributed by atoms with Gasteiger partial charge in [0.2, 0.25) is 0 Å². The van der Waals surface area contributed by atoms with Gasteiger partial charge in [-0.15, -0.1) is 0 Å². The lowest BCUT2D eigenvalue weighted by atomic mass is 10.0. The molecule has 0 saturated heterocycles. The van der Waals surface area contributed by atoms with Crippen molar-refractivity contribution in [2.75, 3.05) is 7.11 Å². The standard InChI is InChI=1S/C17H19F2NO/c1-11(13-5-4-6-15(9-13)21-3)20-12(2)16-10-14(18)7-8-17(16)19/h4-12,20H,1-3H3/t11-,12?/m1/s1. The molecule has 0 heterocycles. The van der Waals surface area contributed by atoms with E-state index in [-0.39, 0.29) is 12.1 Å². The summed E-state index contributed by atoms with van der Waals surface area (Å²) in [4.78, 5) is 0. The number of rotatable bonds is 5. The molecule has 0 saturated carbocycles. The number of halogens is 2. The summed E-state index contributed by atoms with van der Waals surface area (Å²) in [6.07, 6.45) is 0. The molecule has 0 aliphatic carbocycles. The summed E-state index contributed by atoms with van der Waals surface area (Å²) in [7, 11) is 1.61. The number of hydrogen-bond acceptors (Lipinski definition) is 2. The summed E-state index contributed by atoms with van der Waals surface area (Å²) in [6.45, 7) is 3.79. The highest BCUT2D eigenvalue weighted by molar-refractivity contribution is 5.30. The Kier molecular flexibility index (Phi) is 4.91. The van der Waals surface area contributed by atoms with Crippen LogP contribution in [-0.2, 0) is 0 Å². The molecule has 1 unspecified atom stereocenters. The van der Waals surface area contributed by atoms with Crippen LogP contribution in [0.2, 0.25) is 0 Å². The van der Waals surface area contributed by atoms with Crippen LogP contribution in [-0.4, -0.2) is 7.11 Å². The number of benzene rings is 2. The Bertz CT molecular complexity index is 615. The van der Waals surface area contributed by atoms with Crippen LogP contribution < -0.4 is 10.1 Å². The third-order valence-corrected chi connectivity index (χ3v) is 3.52. The number of ether oxygens (including phenoxy) is 1. The molecule has 4 heteroatoms. The van der Waals surface area contributed by atoms with E-state index in [9.17, 15) is 8.78 Å². The summed E-state index contributed by atoms with van der Waals surface area (Å²) >= 11 is 0. The predicted octanol–water partition coefficient (Wildman–Crippen LogP) is 4.39. The van der Waals surface area contributed by atoms with Crippen LogP contribution in [0.3, 0.4) is 0 Å². The second-order valence-electron chi connectivity index (χ2n) is 5.05. The number of methoxy groups -OCH3 is 1. The first kappa shape index (κ1) is 15.4. The van der Waals surface area contributed by atoms with Gasteiger partial charge in [0.1, 0.15) is 17.4 Å². The lowest BCUT2D eigenvalue weighted by Crippen LogP contribution is -2.23. The van der Waals surface area contributed by atoms with Gasteiger partial charge < -0.3 is 10.1 Å². The van der Waals surface area contributed by atoms with E-state index in [0.29, 0.717) is 5.56 Å². The van der Waals surface area contributed by atoms with Gasteiger partial charge in [0.25, 0.3) is 0 Å². The molecule has 0 spiro atoms. The second-order valence-corrected chi connectivity index (χ2v) is 5.05. The summed E-state index contributed by atoms with van der Waals surface area (Å²) in [5.74, 6) is -0.0749. The van der Waals surface area contributed by atoms with Crippen LogP contribution in [0, 0.1) is 11.6 Å². The Balaban J connectivity index is 2.14. The molecule has 2 rings (SSSR count). The van der Waals surface area contributed by atoms with Crippen LogP contribution in [0.1, 0.15) is 37.1 Å². The maximum atomic E-state index is 13.8. The van der Waals surface area contributed by atoms with E-state index in [2.05, 4.69) is 5.32 Å². The van der Waals surface area contributed by atoms with Gasteiger partial charge in [-0.05, 0) is 49.7 Å². The van der Waals surface area contributed by atoms with E-state index in [0.717, 1.165) is 23.4 Å². The zero-order valence-electron chi connectivity index (χ0n) is 12.4. The van der Waals surface area contributed by atoms with Gasteiger partial charge >= 0.3 is 0 Å². The van der Waals surface area contributed by atoms with Crippen LogP contribution in [0.4, 0.5) is 8.78 Å². The van der Waals surface area contributed by atoms with Gasteiger partial charge in [0.15, 0.2) is 0 Å². The van der Waals surface area contributed by atoms with Gasteiger partial charge in [0.05, 0.1) is 7.11 Å². The second kappa shape index (κ2) is 6.68. The fourth-order valence-electron chi connectivity index (χ4n) is 2.32.